The van der Waals surface area contributed by atoms with Crippen molar-refractivity contribution in [3.63, 3.8) is 0 Å². The highest BCUT2D eigenvalue weighted by molar-refractivity contribution is 5.97. The summed E-state index contributed by atoms with van der Waals surface area (Å²) in [5.74, 6) is -0.0300. The maximum atomic E-state index is 12.2. The van der Waals surface area contributed by atoms with Crippen LogP contribution in [-0.4, -0.2) is 34.4 Å². The molecule has 0 radical (unpaired) electrons. The number of aromatic amines is 1. The molecule has 5 nitrogen and oxygen atoms in total. The zero-order chi connectivity index (χ0) is 12.8. The van der Waals surface area contributed by atoms with Crippen molar-refractivity contribution in [2.24, 2.45) is 0 Å². The number of aromatic nitrogens is 2. The molecule has 2 bridgehead atoms. The second-order valence-corrected chi connectivity index (χ2v) is 5.36. The molecule has 2 fully saturated rings. The SMILES string of the molecule is O=C(N[C@@H]1C[C@@H]2CC[C@H]1O2)c1ccc2cn[nH]c2c1. The Kier molecular flexibility index (Phi) is 2.35. The summed E-state index contributed by atoms with van der Waals surface area (Å²) in [6, 6.07) is 5.75. The number of nitrogens with zero attached hydrogens (tertiary/aromatic N) is 1. The molecule has 1 aromatic heterocycles. The van der Waals surface area contributed by atoms with Crippen LogP contribution in [0.1, 0.15) is 29.6 Å². The molecule has 3 heterocycles. The summed E-state index contributed by atoms with van der Waals surface area (Å²) < 4.78 is 5.75. The Labute approximate surface area is 110 Å². The zero-order valence-corrected chi connectivity index (χ0v) is 10.4. The van der Waals surface area contributed by atoms with E-state index >= 15 is 0 Å². The molecule has 98 valence electrons. The third kappa shape index (κ3) is 1.81. The summed E-state index contributed by atoms with van der Waals surface area (Å²) in [4.78, 5) is 12.2. The van der Waals surface area contributed by atoms with Crippen LogP contribution in [0.15, 0.2) is 24.4 Å². The van der Waals surface area contributed by atoms with E-state index in [0.717, 1.165) is 30.2 Å². The first-order valence-electron chi connectivity index (χ1n) is 6.69. The molecular formula is C14H15N3O2. The topological polar surface area (TPSA) is 67.0 Å². The largest absolute Gasteiger partial charge is 0.373 e. The fourth-order valence-corrected chi connectivity index (χ4v) is 3.12. The van der Waals surface area contributed by atoms with Gasteiger partial charge in [-0.3, -0.25) is 9.89 Å². The Balaban J connectivity index is 1.53. The van der Waals surface area contributed by atoms with Crippen LogP contribution in [-0.2, 0) is 4.74 Å². The molecule has 3 atom stereocenters. The molecule has 0 spiro atoms. The Morgan fingerprint density at radius 2 is 2.37 bits per heavy atom. The van der Waals surface area contributed by atoms with E-state index in [1.165, 1.54) is 0 Å². The summed E-state index contributed by atoms with van der Waals surface area (Å²) in [6.07, 6.45) is 5.46. The molecule has 1 amide bonds. The highest BCUT2D eigenvalue weighted by Gasteiger charge is 2.41. The predicted octanol–water partition coefficient (Wildman–Crippen LogP) is 1.61. The fraction of sp³-hybridized carbons (Fsp3) is 0.429. The molecule has 5 heteroatoms. The van der Waals surface area contributed by atoms with Crippen molar-refractivity contribution in [2.45, 2.75) is 37.5 Å². The smallest absolute Gasteiger partial charge is 0.251 e. The van der Waals surface area contributed by atoms with Crippen LogP contribution in [0.25, 0.3) is 10.9 Å². The molecule has 2 aliphatic rings. The summed E-state index contributed by atoms with van der Waals surface area (Å²) >= 11 is 0. The van der Waals surface area contributed by atoms with Crippen LogP contribution in [0.5, 0.6) is 0 Å². The van der Waals surface area contributed by atoms with Gasteiger partial charge in [-0.2, -0.15) is 5.10 Å². The number of hydrogen-bond donors (Lipinski definition) is 2. The van der Waals surface area contributed by atoms with E-state index in [-0.39, 0.29) is 18.1 Å². The normalized spacial score (nSPS) is 28.9. The van der Waals surface area contributed by atoms with Crippen LogP contribution in [0, 0.1) is 0 Å². The van der Waals surface area contributed by atoms with Gasteiger partial charge in [0.05, 0.1) is 30.0 Å². The van der Waals surface area contributed by atoms with E-state index in [9.17, 15) is 4.79 Å². The van der Waals surface area contributed by atoms with Gasteiger partial charge in [-0.1, -0.05) is 6.07 Å². The third-order valence-electron chi connectivity index (χ3n) is 4.13. The lowest BCUT2D eigenvalue weighted by Gasteiger charge is -2.20. The van der Waals surface area contributed by atoms with E-state index in [1.54, 1.807) is 6.20 Å². The number of hydrogen-bond acceptors (Lipinski definition) is 3. The van der Waals surface area contributed by atoms with Gasteiger partial charge in [0, 0.05) is 10.9 Å². The van der Waals surface area contributed by atoms with Gasteiger partial charge >= 0.3 is 0 Å². The molecule has 0 saturated carbocycles. The second kappa shape index (κ2) is 4.06. The first kappa shape index (κ1) is 11.0. The Hall–Kier alpha value is -1.88. The first-order valence-corrected chi connectivity index (χ1v) is 6.69. The van der Waals surface area contributed by atoms with Crippen molar-refractivity contribution >= 4 is 16.8 Å². The highest BCUT2D eigenvalue weighted by atomic mass is 16.5. The van der Waals surface area contributed by atoms with Gasteiger partial charge in [0.1, 0.15) is 0 Å². The standard InChI is InChI=1S/C14H15N3O2/c18-14(16-12-6-10-3-4-13(12)19-10)8-1-2-9-7-15-17-11(9)5-8/h1-2,5,7,10,12-13H,3-4,6H2,(H,15,17)(H,16,18)/t10-,12+,13+/m0/s1. The van der Waals surface area contributed by atoms with E-state index < -0.39 is 0 Å². The minimum absolute atomic E-state index is 0.0300. The van der Waals surface area contributed by atoms with Gasteiger partial charge in [-0.25, -0.2) is 0 Å². The van der Waals surface area contributed by atoms with E-state index in [1.807, 2.05) is 18.2 Å². The predicted molar refractivity (Wildman–Crippen MR) is 69.9 cm³/mol. The molecule has 0 aliphatic carbocycles. The highest BCUT2D eigenvalue weighted by Crippen LogP contribution is 2.34. The summed E-state index contributed by atoms with van der Waals surface area (Å²) in [6.45, 7) is 0. The van der Waals surface area contributed by atoms with Crippen LogP contribution in [0.2, 0.25) is 0 Å². The van der Waals surface area contributed by atoms with Crippen molar-refractivity contribution in [2.75, 3.05) is 0 Å². The monoisotopic (exact) mass is 257 g/mol. The van der Waals surface area contributed by atoms with E-state index in [4.69, 9.17) is 4.74 Å². The van der Waals surface area contributed by atoms with Crippen LogP contribution < -0.4 is 5.32 Å². The Morgan fingerprint density at radius 3 is 3.16 bits per heavy atom. The number of carbonyl (C=O) groups excluding carboxylic acids is 1. The number of amides is 1. The van der Waals surface area contributed by atoms with Gasteiger partial charge in [-0.15, -0.1) is 0 Å². The second-order valence-electron chi connectivity index (χ2n) is 5.36. The maximum absolute atomic E-state index is 12.2. The lowest BCUT2D eigenvalue weighted by Crippen LogP contribution is -2.41. The molecular weight excluding hydrogens is 242 g/mol. The minimum atomic E-state index is -0.0300. The first-order chi connectivity index (χ1) is 9.29. The van der Waals surface area contributed by atoms with Gasteiger partial charge < -0.3 is 10.1 Å². The minimum Gasteiger partial charge on any atom is -0.373 e. The number of H-pyrrole nitrogens is 1. The maximum Gasteiger partial charge on any atom is 0.251 e. The lowest BCUT2D eigenvalue weighted by molar-refractivity contribution is 0.0841. The van der Waals surface area contributed by atoms with E-state index in [2.05, 4.69) is 15.5 Å². The fourth-order valence-electron chi connectivity index (χ4n) is 3.12. The van der Waals surface area contributed by atoms with Gasteiger partial charge in [0.2, 0.25) is 0 Å². The van der Waals surface area contributed by atoms with Crippen molar-refractivity contribution in [3.8, 4) is 0 Å². The van der Waals surface area contributed by atoms with Crippen molar-refractivity contribution < 1.29 is 9.53 Å². The molecule has 1 aromatic carbocycles. The number of ether oxygens (including phenoxy) is 1. The van der Waals surface area contributed by atoms with Crippen LogP contribution in [0.3, 0.4) is 0 Å². The number of carbonyl (C=O) groups is 1. The number of nitrogens with one attached hydrogen (secondary N) is 2. The zero-order valence-electron chi connectivity index (χ0n) is 10.4. The summed E-state index contributed by atoms with van der Waals surface area (Å²) in [7, 11) is 0. The van der Waals surface area contributed by atoms with E-state index in [0.29, 0.717) is 11.7 Å². The quantitative estimate of drug-likeness (QED) is 0.859. The number of rotatable bonds is 2. The Morgan fingerprint density at radius 1 is 1.42 bits per heavy atom. The number of benzene rings is 1. The Bertz CT molecular complexity index is 636. The molecule has 0 unspecified atom stereocenters. The van der Waals surface area contributed by atoms with Crippen molar-refractivity contribution in [1.29, 1.82) is 0 Å². The lowest BCUT2D eigenvalue weighted by atomic mass is 9.95. The molecule has 19 heavy (non-hydrogen) atoms. The number of fused-ring (bicyclic) bond motifs is 3. The molecule has 2 saturated heterocycles. The summed E-state index contributed by atoms with van der Waals surface area (Å²) in [5, 5.41) is 10.9. The molecule has 2 aromatic rings. The van der Waals surface area contributed by atoms with Crippen molar-refractivity contribution in [1.82, 2.24) is 15.5 Å². The molecule has 4 rings (SSSR count). The average Bonchev–Trinajstić information content (AvgIpc) is 3.13. The molecule has 2 aliphatic heterocycles. The van der Waals surface area contributed by atoms with Gasteiger partial charge in [0.25, 0.3) is 5.91 Å². The molecule has 2 N–H and O–H groups in total. The summed E-state index contributed by atoms with van der Waals surface area (Å²) in [5.41, 5.74) is 1.55. The third-order valence-corrected chi connectivity index (χ3v) is 4.13. The van der Waals surface area contributed by atoms with Gasteiger partial charge in [0.15, 0.2) is 0 Å². The average molecular weight is 257 g/mol. The van der Waals surface area contributed by atoms with Crippen molar-refractivity contribution in [3.05, 3.63) is 30.0 Å². The van der Waals surface area contributed by atoms with Crippen LogP contribution >= 0.6 is 0 Å². The van der Waals surface area contributed by atoms with Crippen LogP contribution in [0.4, 0.5) is 0 Å². The van der Waals surface area contributed by atoms with Gasteiger partial charge in [-0.05, 0) is 31.4 Å².